The van der Waals surface area contributed by atoms with Crippen molar-refractivity contribution in [1.29, 1.82) is 0 Å². The summed E-state index contributed by atoms with van der Waals surface area (Å²) in [5.74, 6) is -0.162. The SMILES string of the molecule is CCC(CC)(C(=O)Nc1ccc(Cl)cc1I)C(N)=S. The Kier molecular flexibility index (Phi) is 6.01. The molecule has 0 saturated carbocycles. The fourth-order valence-corrected chi connectivity index (χ4v) is 3.25. The van der Waals surface area contributed by atoms with Crippen molar-refractivity contribution in [3.05, 3.63) is 26.8 Å². The number of benzene rings is 1. The quantitative estimate of drug-likeness (QED) is 0.570. The molecule has 3 N–H and O–H groups in total. The minimum absolute atomic E-state index is 0.162. The molecule has 0 aliphatic rings. The predicted octanol–water partition coefficient (Wildman–Crippen LogP) is 3.98. The number of anilines is 1. The first-order chi connectivity index (χ1) is 8.87. The van der Waals surface area contributed by atoms with Crippen LogP contribution in [-0.2, 0) is 4.79 Å². The van der Waals surface area contributed by atoms with E-state index in [0.717, 1.165) is 9.26 Å². The van der Waals surface area contributed by atoms with Gasteiger partial charge in [-0.25, -0.2) is 0 Å². The first-order valence-electron chi connectivity index (χ1n) is 5.93. The van der Waals surface area contributed by atoms with Crippen LogP contribution in [0.25, 0.3) is 0 Å². The molecule has 3 nitrogen and oxygen atoms in total. The number of nitrogens with two attached hydrogens (primary N) is 1. The van der Waals surface area contributed by atoms with Gasteiger partial charge < -0.3 is 11.1 Å². The predicted molar refractivity (Wildman–Crippen MR) is 92.6 cm³/mol. The van der Waals surface area contributed by atoms with E-state index in [4.69, 9.17) is 29.6 Å². The van der Waals surface area contributed by atoms with Crippen molar-refractivity contribution in [2.45, 2.75) is 26.7 Å². The van der Waals surface area contributed by atoms with Gasteiger partial charge in [-0.05, 0) is 53.6 Å². The van der Waals surface area contributed by atoms with E-state index < -0.39 is 5.41 Å². The molecule has 1 rings (SSSR count). The van der Waals surface area contributed by atoms with Gasteiger partial charge in [0, 0.05) is 8.59 Å². The Balaban J connectivity index is 3.03. The Morgan fingerprint density at radius 3 is 2.47 bits per heavy atom. The Bertz CT molecular complexity index is 503. The van der Waals surface area contributed by atoms with Gasteiger partial charge in [-0.1, -0.05) is 37.7 Å². The zero-order valence-electron chi connectivity index (χ0n) is 10.8. The maximum absolute atomic E-state index is 12.5. The minimum Gasteiger partial charge on any atom is -0.392 e. The van der Waals surface area contributed by atoms with Crippen molar-refractivity contribution < 1.29 is 4.79 Å². The third-order valence-corrected chi connectivity index (χ3v) is 4.81. The lowest BCUT2D eigenvalue weighted by Crippen LogP contribution is -2.45. The molecule has 0 fully saturated rings. The van der Waals surface area contributed by atoms with Gasteiger partial charge in [0.15, 0.2) is 0 Å². The molecule has 0 heterocycles. The van der Waals surface area contributed by atoms with E-state index >= 15 is 0 Å². The van der Waals surface area contributed by atoms with Crippen molar-refractivity contribution in [1.82, 2.24) is 0 Å². The van der Waals surface area contributed by atoms with Gasteiger partial charge in [0.05, 0.1) is 16.1 Å². The normalized spacial score (nSPS) is 11.2. The molecule has 6 heteroatoms. The second-order valence-corrected chi connectivity index (χ2v) is 6.27. The number of halogens is 2. The van der Waals surface area contributed by atoms with E-state index in [0.29, 0.717) is 17.9 Å². The summed E-state index contributed by atoms with van der Waals surface area (Å²) < 4.78 is 0.877. The number of carbonyl (C=O) groups is 1. The number of amides is 1. The number of nitrogens with one attached hydrogen (secondary N) is 1. The highest BCUT2D eigenvalue weighted by atomic mass is 127. The first kappa shape index (κ1) is 16.7. The topological polar surface area (TPSA) is 55.1 Å². The Labute approximate surface area is 137 Å². The summed E-state index contributed by atoms with van der Waals surface area (Å²) in [6.07, 6.45) is 1.16. The van der Waals surface area contributed by atoms with Crippen LogP contribution in [0.3, 0.4) is 0 Å². The van der Waals surface area contributed by atoms with Gasteiger partial charge >= 0.3 is 0 Å². The maximum Gasteiger partial charge on any atom is 0.237 e. The second-order valence-electron chi connectivity index (χ2n) is 4.23. The van der Waals surface area contributed by atoms with Crippen LogP contribution in [0.4, 0.5) is 5.69 Å². The number of thiocarbonyl (C=S) groups is 1. The molecule has 0 unspecified atom stereocenters. The van der Waals surface area contributed by atoms with Crippen LogP contribution in [0.1, 0.15) is 26.7 Å². The van der Waals surface area contributed by atoms with E-state index in [9.17, 15) is 4.79 Å². The summed E-state index contributed by atoms with van der Waals surface area (Å²) in [6.45, 7) is 3.82. The van der Waals surface area contributed by atoms with Crippen molar-refractivity contribution >= 4 is 63.0 Å². The molecule has 0 atom stereocenters. The van der Waals surface area contributed by atoms with Crippen molar-refractivity contribution in [2.24, 2.45) is 11.1 Å². The van der Waals surface area contributed by atoms with E-state index in [1.165, 1.54) is 0 Å². The third-order valence-electron chi connectivity index (χ3n) is 3.29. The average molecular weight is 411 g/mol. The van der Waals surface area contributed by atoms with E-state index in [2.05, 4.69) is 27.9 Å². The molecule has 0 aromatic heterocycles. The molecular weight excluding hydrogens is 395 g/mol. The van der Waals surface area contributed by atoms with Crippen molar-refractivity contribution in [3.63, 3.8) is 0 Å². The summed E-state index contributed by atoms with van der Waals surface area (Å²) in [7, 11) is 0. The van der Waals surface area contributed by atoms with E-state index in [1.54, 1.807) is 18.2 Å². The van der Waals surface area contributed by atoms with Crippen LogP contribution >= 0.6 is 46.4 Å². The number of rotatable bonds is 5. The summed E-state index contributed by atoms with van der Waals surface area (Å²) in [4.78, 5) is 12.7. The Hall–Kier alpha value is -0.400. The lowest BCUT2D eigenvalue weighted by Gasteiger charge is -2.29. The van der Waals surface area contributed by atoms with Crippen molar-refractivity contribution in [2.75, 3.05) is 5.32 Å². The summed E-state index contributed by atoms with van der Waals surface area (Å²) >= 11 is 13.1. The second kappa shape index (κ2) is 6.85. The van der Waals surface area contributed by atoms with Crippen LogP contribution in [0.5, 0.6) is 0 Å². The number of hydrogen-bond donors (Lipinski definition) is 2. The van der Waals surface area contributed by atoms with Crippen LogP contribution < -0.4 is 11.1 Å². The highest BCUT2D eigenvalue weighted by Gasteiger charge is 2.38. The van der Waals surface area contributed by atoms with Gasteiger partial charge in [0.1, 0.15) is 0 Å². The Morgan fingerprint density at radius 2 is 2.05 bits per heavy atom. The van der Waals surface area contributed by atoms with Crippen LogP contribution in [0.2, 0.25) is 5.02 Å². The van der Waals surface area contributed by atoms with Crippen LogP contribution in [0.15, 0.2) is 18.2 Å². The minimum atomic E-state index is -0.794. The molecule has 1 aromatic carbocycles. The maximum atomic E-state index is 12.5. The Morgan fingerprint density at radius 1 is 1.47 bits per heavy atom. The molecule has 0 aliphatic carbocycles. The van der Waals surface area contributed by atoms with E-state index in [-0.39, 0.29) is 10.9 Å². The number of hydrogen-bond acceptors (Lipinski definition) is 2. The monoisotopic (exact) mass is 410 g/mol. The zero-order valence-corrected chi connectivity index (χ0v) is 14.5. The molecular formula is C13H16ClIN2OS. The van der Waals surface area contributed by atoms with Gasteiger partial charge in [0.25, 0.3) is 0 Å². The zero-order chi connectivity index (χ0) is 14.6. The summed E-state index contributed by atoms with van der Waals surface area (Å²) in [5.41, 5.74) is 5.68. The lowest BCUT2D eigenvalue weighted by molar-refractivity contribution is -0.122. The molecule has 0 saturated heterocycles. The smallest absolute Gasteiger partial charge is 0.237 e. The highest BCUT2D eigenvalue weighted by molar-refractivity contribution is 14.1. The largest absolute Gasteiger partial charge is 0.392 e. The molecule has 0 spiro atoms. The summed E-state index contributed by atoms with van der Waals surface area (Å²) in [6, 6.07) is 5.30. The fourth-order valence-electron chi connectivity index (χ4n) is 1.86. The molecule has 1 aromatic rings. The molecule has 104 valence electrons. The van der Waals surface area contributed by atoms with Gasteiger partial charge in [0.2, 0.25) is 5.91 Å². The average Bonchev–Trinajstić information content (AvgIpc) is 2.34. The lowest BCUT2D eigenvalue weighted by atomic mass is 9.81. The summed E-state index contributed by atoms with van der Waals surface area (Å²) in [5, 5.41) is 3.52. The van der Waals surface area contributed by atoms with Gasteiger partial charge in [-0.2, -0.15) is 0 Å². The first-order valence-corrected chi connectivity index (χ1v) is 7.80. The van der Waals surface area contributed by atoms with Gasteiger partial charge in [-0.3, -0.25) is 4.79 Å². The van der Waals surface area contributed by atoms with Crippen LogP contribution in [0, 0.1) is 8.99 Å². The standard InChI is InChI=1S/C13H16ClIN2OS/c1-3-13(4-2,11(16)19)12(18)17-10-6-5-8(14)7-9(10)15/h5-7H,3-4H2,1-2H3,(H2,16,19)(H,17,18). The fraction of sp³-hybridized carbons (Fsp3) is 0.385. The third kappa shape index (κ3) is 3.58. The number of carbonyl (C=O) groups excluding carboxylic acids is 1. The molecule has 0 bridgehead atoms. The molecule has 0 radical (unpaired) electrons. The highest BCUT2D eigenvalue weighted by Crippen LogP contribution is 2.30. The van der Waals surface area contributed by atoms with Crippen LogP contribution in [-0.4, -0.2) is 10.9 Å². The molecule has 1 amide bonds. The molecule has 0 aliphatic heterocycles. The van der Waals surface area contributed by atoms with Gasteiger partial charge in [-0.15, -0.1) is 0 Å². The molecule has 19 heavy (non-hydrogen) atoms. The van der Waals surface area contributed by atoms with E-state index in [1.807, 2.05) is 13.8 Å². The van der Waals surface area contributed by atoms with Crippen molar-refractivity contribution in [3.8, 4) is 0 Å².